The van der Waals surface area contributed by atoms with Gasteiger partial charge in [-0.15, -0.1) is 10.1 Å². The van der Waals surface area contributed by atoms with Gasteiger partial charge in [0.25, 0.3) is 5.09 Å². The fourth-order valence-electron chi connectivity index (χ4n) is 0.731. The predicted octanol–water partition coefficient (Wildman–Crippen LogP) is 1.07. The molecule has 0 amide bonds. The Labute approximate surface area is 67.7 Å². The number of hydrogen-bond acceptors (Lipinski definition) is 4. The van der Waals surface area contributed by atoms with Gasteiger partial charge in [0.05, 0.1) is 0 Å². The number of benzene rings is 1. The van der Waals surface area contributed by atoms with Crippen LogP contribution < -0.4 is 4.84 Å². The van der Waals surface area contributed by atoms with E-state index in [-0.39, 0.29) is 5.75 Å². The first kappa shape index (κ1) is 8.19. The number of rotatable bonds is 3. The summed E-state index contributed by atoms with van der Waals surface area (Å²) in [6.45, 7) is 0. The molecule has 62 valence electrons. The van der Waals surface area contributed by atoms with Crippen LogP contribution in [0.5, 0.6) is 5.75 Å². The number of nitrogens with zero attached hydrogens (tertiary/aromatic N) is 1. The van der Waals surface area contributed by atoms with E-state index in [9.17, 15) is 14.9 Å². The van der Waals surface area contributed by atoms with Crippen LogP contribution in [0.2, 0.25) is 0 Å². The number of hydrogen-bond donors (Lipinski definition) is 0. The van der Waals surface area contributed by atoms with Gasteiger partial charge in [0.2, 0.25) is 0 Å². The van der Waals surface area contributed by atoms with Gasteiger partial charge in [0.15, 0.2) is 0 Å². The average Bonchev–Trinajstić information content (AvgIpc) is 2.03. The van der Waals surface area contributed by atoms with Crippen LogP contribution in [0, 0.1) is 10.1 Å². The van der Waals surface area contributed by atoms with Gasteiger partial charge in [-0.1, -0.05) is 12.1 Å². The maximum atomic E-state index is 10.2. The molecular weight excluding hydrogens is 162 g/mol. The molecule has 0 saturated carbocycles. The molecule has 5 heteroatoms. The van der Waals surface area contributed by atoms with Crippen LogP contribution in [-0.4, -0.2) is 11.4 Å². The van der Waals surface area contributed by atoms with Crippen molar-refractivity contribution in [1.82, 2.24) is 0 Å². The molecule has 1 rings (SSSR count). The number of carbonyl (C=O) groups excluding carboxylic acids is 1. The summed E-state index contributed by atoms with van der Waals surface area (Å²) >= 11 is 0. The minimum Gasteiger partial charge on any atom is -0.298 e. The molecular formula is C7H5NO4. The van der Waals surface area contributed by atoms with Gasteiger partial charge < -0.3 is 0 Å². The summed E-state index contributed by atoms with van der Waals surface area (Å²) in [6.07, 6.45) is 0.590. The molecule has 0 atom stereocenters. The minimum atomic E-state index is -0.927. The van der Waals surface area contributed by atoms with E-state index in [1.165, 1.54) is 24.3 Å². The first-order chi connectivity index (χ1) is 5.72. The van der Waals surface area contributed by atoms with Crippen molar-refractivity contribution < 1.29 is 14.7 Å². The third-order valence-electron chi connectivity index (χ3n) is 1.17. The predicted molar refractivity (Wildman–Crippen MR) is 39.5 cm³/mol. The Bertz CT molecular complexity index is 310. The van der Waals surface area contributed by atoms with E-state index in [0.29, 0.717) is 11.8 Å². The van der Waals surface area contributed by atoms with Crippen molar-refractivity contribution in [3.63, 3.8) is 0 Å². The van der Waals surface area contributed by atoms with Crippen molar-refractivity contribution in [3.8, 4) is 5.75 Å². The van der Waals surface area contributed by atoms with Gasteiger partial charge >= 0.3 is 0 Å². The van der Waals surface area contributed by atoms with E-state index in [2.05, 4.69) is 4.84 Å². The van der Waals surface area contributed by atoms with Gasteiger partial charge in [0.1, 0.15) is 12.0 Å². The van der Waals surface area contributed by atoms with Gasteiger partial charge in [-0.3, -0.25) is 9.63 Å². The smallest absolute Gasteiger partial charge is 0.298 e. The Hall–Kier alpha value is -1.91. The first-order valence-corrected chi connectivity index (χ1v) is 3.10. The fourth-order valence-corrected chi connectivity index (χ4v) is 0.731. The third kappa shape index (κ3) is 2.05. The third-order valence-corrected chi connectivity index (χ3v) is 1.17. The zero-order chi connectivity index (χ0) is 8.97. The molecule has 0 fully saturated rings. The molecule has 0 saturated heterocycles. The molecule has 1 aromatic carbocycles. The van der Waals surface area contributed by atoms with Crippen LogP contribution in [0.25, 0.3) is 0 Å². The number of aldehydes is 1. The highest BCUT2D eigenvalue weighted by molar-refractivity contribution is 5.75. The van der Waals surface area contributed by atoms with E-state index < -0.39 is 5.09 Å². The van der Waals surface area contributed by atoms with Crippen LogP contribution in [0.1, 0.15) is 10.4 Å². The normalized spacial score (nSPS) is 9.00. The fraction of sp³-hybridized carbons (Fsp3) is 0. The highest BCUT2D eigenvalue weighted by Crippen LogP contribution is 2.11. The number of carbonyl (C=O) groups is 1. The van der Waals surface area contributed by atoms with E-state index in [4.69, 9.17) is 0 Å². The largest absolute Gasteiger partial charge is 0.299 e. The summed E-state index contributed by atoms with van der Waals surface area (Å²) in [6, 6.07) is 5.72. The molecule has 12 heavy (non-hydrogen) atoms. The van der Waals surface area contributed by atoms with Gasteiger partial charge in [-0.25, -0.2) is 0 Å². The minimum absolute atomic E-state index is 0.0459. The molecule has 0 heterocycles. The van der Waals surface area contributed by atoms with Gasteiger partial charge in [0, 0.05) is 5.56 Å². The molecule has 0 N–H and O–H groups in total. The second kappa shape index (κ2) is 3.47. The summed E-state index contributed by atoms with van der Waals surface area (Å²) in [7, 11) is 0. The Balaban J connectivity index is 2.86. The van der Waals surface area contributed by atoms with Crippen molar-refractivity contribution >= 4 is 6.29 Å². The zero-order valence-electron chi connectivity index (χ0n) is 5.97. The van der Waals surface area contributed by atoms with E-state index in [1.54, 1.807) is 0 Å². The van der Waals surface area contributed by atoms with Crippen molar-refractivity contribution in [3.05, 3.63) is 39.9 Å². The van der Waals surface area contributed by atoms with Crippen molar-refractivity contribution in [1.29, 1.82) is 0 Å². The van der Waals surface area contributed by atoms with E-state index in [1.807, 2.05) is 0 Å². The van der Waals surface area contributed by atoms with E-state index >= 15 is 0 Å². The topological polar surface area (TPSA) is 69.4 Å². The molecule has 0 radical (unpaired) electrons. The first-order valence-electron chi connectivity index (χ1n) is 3.10. The second-order valence-corrected chi connectivity index (χ2v) is 2.01. The van der Waals surface area contributed by atoms with Crippen LogP contribution in [0.3, 0.4) is 0 Å². The average molecular weight is 167 g/mol. The van der Waals surface area contributed by atoms with Crippen molar-refractivity contribution in [2.24, 2.45) is 0 Å². The summed E-state index contributed by atoms with van der Waals surface area (Å²) < 4.78 is 0. The summed E-state index contributed by atoms with van der Waals surface area (Å²) in [4.78, 5) is 24.2. The van der Waals surface area contributed by atoms with Gasteiger partial charge in [-0.05, 0) is 12.1 Å². The molecule has 0 bridgehead atoms. The van der Waals surface area contributed by atoms with Crippen LogP contribution in [0.15, 0.2) is 24.3 Å². The van der Waals surface area contributed by atoms with Gasteiger partial charge in [-0.2, -0.15) is 0 Å². The molecule has 0 aromatic heterocycles. The van der Waals surface area contributed by atoms with Crippen LogP contribution in [0.4, 0.5) is 0 Å². The molecule has 5 nitrogen and oxygen atoms in total. The summed E-state index contributed by atoms with van der Waals surface area (Å²) in [5, 5.41) is 8.94. The lowest BCUT2D eigenvalue weighted by Crippen LogP contribution is -2.03. The Kier molecular flexibility index (Phi) is 2.37. The summed E-state index contributed by atoms with van der Waals surface area (Å²) in [5.41, 5.74) is 0.342. The SMILES string of the molecule is O=Cc1cccc(O[N+](=O)[O-])c1. The van der Waals surface area contributed by atoms with Crippen LogP contribution in [-0.2, 0) is 0 Å². The molecule has 0 unspecified atom stereocenters. The molecule has 0 aliphatic carbocycles. The second-order valence-electron chi connectivity index (χ2n) is 2.01. The Morgan fingerprint density at radius 1 is 1.50 bits per heavy atom. The lowest BCUT2D eigenvalue weighted by molar-refractivity contribution is -0.711. The van der Waals surface area contributed by atoms with Crippen molar-refractivity contribution in [2.75, 3.05) is 0 Å². The molecule has 0 aliphatic heterocycles. The zero-order valence-corrected chi connectivity index (χ0v) is 5.97. The maximum Gasteiger partial charge on any atom is 0.299 e. The summed E-state index contributed by atoms with van der Waals surface area (Å²) in [5.74, 6) is 0.0459. The van der Waals surface area contributed by atoms with E-state index in [0.717, 1.165) is 0 Å². The maximum absolute atomic E-state index is 10.2. The Morgan fingerprint density at radius 2 is 2.25 bits per heavy atom. The quantitative estimate of drug-likeness (QED) is 0.383. The lowest BCUT2D eigenvalue weighted by Gasteiger charge is -1.96. The Morgan fingerprint density at radius 3 is 2.83 bits per heavy atom. The molecule has 0 aliphatic rings. The van der Waals surface area contributed by atoms with Crippen molar-refractivity contribution in [2.45, 2.75) is 0 Å². The highest BCUT2D eigenvalue weighted by Gasteiger charge is 1.99. The molecule has 0 spiro atoms. The standard InChI is InChI=1S/C7H5NO4/c9-5-6-2-1-3-7(4-6)12-8(10)11/h1-5H. The lowest BCUT2D eigenvalue weighted by atomic mass is 10.2. The monoisotopic (exact) mass is 167 g/mol. The van der Waals surface area contributed by atoms with Crippen LogP contribution >= 0.6 is 0 Å². The highest BCUT2D eigenvalue weighted by atomic mass is 17.0. The molecule has 1 aromatic rings.